The van der Waals surface area contributed by atoms with Crippen LogP contribution in [0.2, 0.25) is 0 Å². The van der Waals surface area contributed by atoms with Gasteiger partial charge in [-0.1, -0.05) is 0 Å². The molecule has 5 heteroatoms. The van der Waals surface area contributed by atoms with Gasteiger partial charge in [0.2, 0.25) is 6.79 Å². The number of esters is 1. The van der Waals surface area contributed by atoms with Crippen molar-refractivity contribution in [3.63, 3.8) is 0 Å². The summed E-state index contributed by atoms with van der Waals surface area (Å²) in [6, 6.07) is 3.32. The molecule has 1 aromatic rings. The van der Waals surface area contributed by atoms with E-state index in [0.29, 0.717) is 22.6 Å². The Bertz CT molecular complexity index is 492. The lowest BCUT2D eigenvalue weighted by molar-refractivity contribution is -0.141. The van der Waals surface area contributed by atoms with Crippen molar-refractivity contribution in [1.82, 2.24) is 0 Å². The van der Waals surface area contributed by atoms with Gasteiger partial charge in [0.1, 0.15) is 6.42 Å². The lowest BCUT2D eigenvalue weighted by Gasteiger charge is -2.07. The molecule has 0 bridgehead atoms. The molecule has 0 fully saturated rings. The second-order valence-electron chi connectivity index (χ2n) is 3.88. The molecule has 0 unspecified atom stereocenters. The van der Waals surface area contributed by atoms with Crippen molar-refractivity contribution in [3.05, 3.63) is 23.3 Å². The van der Waals surface area contributed by atoms with Gasteiger partial charge in [0, 0.05) is 11.1 Å². The first kappa shape index (κ1) is 12.4. The zero-order valence-corrected chi connectivity index (χ0v) is 10.3. The number of carbonyl (C=O) groups excluding carboxylic acids is 2. The highest BCUT2D eigenvalue weighted by molar-refractivity contribution is 6.07. The Balaban J connectivity index is 2.19. The van der Waals surface area contributed by atoms with Crippen LogP contribution in [0.4, 0.5) is 0 Å². The Morgan fingerprint density at radius 1 is 1.33 bits per heavy atom. The molecule has 0 spiro atoms. The molecular weight excluding hydrogens is 236 g/mol. The summed E-state index contributed by atoms with van der Waals surface area (Å²) in [5, 5.41) is 0. The first-order chi connectivity index (χ1) is 8.63. The highest BCUT2D eigenvalue weighted by Gasteiger charge is 2.22. The summed E-state index contributed by atoms with van der Waals surface area (Å²) in [5.74, 6) is 0.411. The van der Waals surface area contributed by atoms with Crippen molar-refractivity contribution in [2.75, 3.05) is 13.4 Å². The summed E-state index contributed by atoms with van der Waals surface area (Å²) in [6.07, 6.45) is -0.256. The van der Waals surface area contributed by atoms with E-state index >= 15 is 0 Å². The van der Waals surface area contributed by atoms with Crippen LogP contribution in [0.1, 0.15) is 29.3 Å². The summed E-state index contributed by atoms with van der Waals surface area (Å²) < 4.78 is 15.2. The molecule has 0 amide bonds. The van der Waals surface area contributed by atoms with Crippen LogP contribution < -0.4 is 9.47 Å². The SMILES string of the molecule is CCOC(=O)CC(=O)c1ccc2c(c1C)OCO2. The molecule has 1 aromatic carbocycles. The Labute approximate surface area is 105 Å². The minimum absolute atomic E-state index is 0.158. The molecule has 1 aliphatic heterocycles. The summed E-state index contributed by atoms with van der Waals surface area (Å²) in [7, 11) is 0. The fraction of sp³-hybridized carbons (Fsp3) is 0.385. The summed E-state index contributed by atoms with van der Waals surface area (Å²) >= 11 is 0. The van der Waals surface area contributed by atoms with Gasteiger partial charge in [-0.15, -0.1) is 0 Å². The van der Waals surface area contributed by atoms with E-state index in [1.807, 2.05) is 0 Å². The zero-order valence-electron chi connectivity index (χ0n) is 10.3. The van der Waals surface area contributed by atoms with E-state index in [-0.39, 0.29) is 25.6 Å². The molecule has 0 aromatic heterocycles. The van der Waals surface area contributed by atoms with E-state index in [4.69, 9.17) is 14.2 Å². The molecular formula is C13H14O5. The van der Waals surface area contributed by atoms with Crippen LogP contribution in [0.25, 0.3) is 0 Å². The smallest absolute Gasteiger partial charge is 0.313 e. The van der Waals surface area contributed by atoms with Crippen molar-refractivity contribution in [1.29, 1.82) is 0 Å². The number of Topliss-reactive ketones (excluding diaryl/α,β-unsaturated/α-hetero) is 1. The average Bonchev–Trinajstić information content (AvgIpc) is 2.78. The number of ketones is 1. The molecule has 1 heterocycles. The van der Waals surface area contributed by atoms with Gasteiger partial charge < -0.3 is 14.2 Å². The van der Waals surface area contributed by atoms with Crippen LogP contribution in [0.15, 0.2) is 12.1 Å². The fourth-order valence-electron chi connectivity index (χ4n) is 1.85. The standard InChI is InChI=1S/C13H14O5/c1-3-16-12(15)6-10(14)9-4-5-11-13(8(9)2)18-7-17-11/h4-5H,3,6-7H2,1-2H3. The van der Waals surface area contributed by atoms with Gasteiger partial charge in [-0.05, 0) is 26.0 Å². The second kappa shape index (κ2) is 5.08. The molecule has 18 heavy (non-hydrogen) atoms. The van der Waals surface area contributed by atoms with Crippen molar-refractivity contribution in [2.45, 2.75) is 20.3 Å². The van der Waals surface area contributed by atoms with Gasteiger partial charge in [-0.2, -0.15) is 0 Å². The molecule has 2 rings (SSSR count). The van der Waals surface area contributed by atoms with Crippen LogP contribution in [0.3, 0.4) is 0 Å². The van der Waals surface area contributed by atoms with Gasteiger partial charge in [0.05, 0.1) is 6.61 Å². The molecule has 0 N–H and O–H groups in total. The number of benzene rings is 1. The largest absolute Gasteiger partial charge is 0.466 e. The van der Waals surface area contributed by atoms with E-state index in [9.17, 15) is 9.59 Å². The second-order valence-corrected chi connectivity index (χ2v) is 3.88. The number of rotatable bonds is 4. The summed E-state index contributed by atoms with van der Waals surface area (Å²) in [6.45, 7) is 3.90. The predicted octanol–water partition coefficient (Wildman–Crippen LogP) is 1.86. The molecule has 96 valence electrons. The first-order valence-electron chi connectivity index (χ1n) is 5.71. The Morgan fingerprint density at radius 3 is 2.83 bits per heavy atom. The monoisotopic (exact) mass is 250 g/mol. The lowest BCUT2D eigenvalue weighted by Crippen LogP contribution is -2.12. The van der Waals surface area contributed by atoms with Gasteiger partial charge in [-0.3, -0.25) is 9.59 Å². The van der Waals surface area contributed by atoms with Gasteiger partial charge in [0.25, 0.3) is 0 Å². The average molecular weight is 250 g/mol. The highest BCUT2D eigenvalue weighted by atomic mass is 16.7. The number of hydrogen-bond donors (Lipinski definition) is 0. The third-order valence-corrected chi connectivity index (χ3v) is 2.70. The maximum atomic E-state index is 12.0. The van der Waals surface area contributed by atoms with E-state index in [1.54, 1.807) is 26.0 Å². The Hall–Kier alpha value is -2.04. The maximum absolute atomic E-state index is 12.0. The van der Waals surface area contributed by atoms with E-state index in [2.05, 4.69) is 0 Å². The van der Waals surface area contributed by atoms with Crippen molar-refractivity contribution in [3.8, 4) is 11.5 Å². The van der Waals surface area contributed by atoms with Crippen LogP contribution in [0, 0.1) is 6.92 Å². The van der Waals surface area contributed by atoms with Crippen molar-refractivity contribution < 1.29 is 23.8 Å². The number of carbonyl (C=O) groups is 2. The number of hydrogen-bond acceptors (Lipinski definition) is 5. The van der Waals surface area contributed by atoms with Crippen LogP contribution in [-0.2, 0) is 9.53 Å². The Kier molecular flexibility index (Phi) is 3.50. The van der Waals surface area contributed by atoms with Gasteiger partial charge in [-0.25, -0.2) is 0 Å². The maximum Gasteiger partial charge on any atom is 0.313 e. The molecule has 0 atom stereocenters. The summed E-state index contributed by atoms with van der Waals surface area (Å²) in [4.78, 5) is 23.2. The van der Waals surface area contributed by atoms with Crippen molar-refractivity contribution in [2.24, 2.45) is 0 Å². The topological polar surface area (TPSA) is 61.8 Å². The van der Waals surface area contributed by atoms with Crippen LogP contribution in [0.5, 0.6) is 11.5 Å². The fourth-order valence-corrected chi connectivity index (χ4v) is 1.85. The normalized spacial score (nSPS) is 12.3. The molecule has 0 aliphatic carbocycles. The number of ether oxygens (including phenoxy) is 3. The van der Waals surface area contributed by atoms with Crippen molar-refractivity contribution >= 4 is 11.8 Å². The summed E-state index contributed by atoms with van der Waals surface area (Å²) in [5.41, 5.74) is 1.16. The minimum Gasteiger partial charge on any atom is -0.466 e. The quantitative estimate of drug-likeness (QED) is 0.463. The molecule has 0 saturated carbocycles. The first-order valence-corrected chi connectivity index (χ1v) is 5.71. The molecule has 0 saturated heterocycles. The highest BCUT2D eigenvalue weighted by Crippen LogP contribution is 2.37. The zero-order chi connectivity index (χ0) is 13.1. The predicted molar refractivity (Wildman–Crippen MR) is 62.9 cm³/mol. The molecule has 1 aliphatic rings. The van der Waals surface area contributed by atoms with E-state index in [1.165, 1.54) is 0 Å². The lowest BCUT2D eigenvalue weighted by atomic mass is 10.0. The molecule has 0 radical (unpaired) electrons. The third kappa shape index (κ3) is 2.30. The van der Waals surface area contributed by atoms with E-state index in [0.717, 1.165) is 0 Å². The van der Waals surface area contributed by atoms with Gasteiger partial charge >= 0.3 is 5.97 Å². The number of fused-ring (bicyclic) bond motifs is 1. The van der Waals surface area contributed by atoms with E-state index < -0.39 is 5.97 Å². The third-order valence-electron chi connectivity index (χ3n) is 2.70. The minimum atomic E-state index is -0.514. The van der Waals surface area contributed by atoms with Crippen LogP contribution in [-0.4, -0.2) is 25.2 Å². The van der Waals surface area contributed by atoms with Crippen LogP contribution >= 0.6 is 0 Å². The Morgan fingerprint density at radius 2 is 2.11 bits per heavy atom. The molecule has 5 nitrogen and oxygen atoms in total. The van der Waals surface area contributed by atoms with Gasteiger partial charge in [0.15, 0.2) is 17.3 Å².